The molecule has 0 bridgehead atoms. The molecule has 5 aromatic rings. The monoisotopic (exact) mass is 593 g/mol. The van der Waals surface area contributed by atoms with Crippen molar-refractivity contribution in [2.45, 2.75) is 31.8 Å². The number of nitrogens with two attached hydrogens (primary N) is 1. The predicted octanol–water partition coefficient (Wildman–Crippen LogP) is 4.79. The first-order valence-corrected chi connectivity index (χ1v) is 14.6. The highest BCUT2D eigenvalue weighted by atomic mass is 19.1. The summed E-state index contributed by atoms with van der Waals surface area (Å²) in [5.74, 6) is -0.134. The number of amides is 2. The zero-order chi connectivity index (χ0) is 30.7. The SMILES string of the molecule is CN(C)C(=O)N1CC=C(c2cc3c(-c4cccc(-n5ccc6cc(C7CC7)cc(F)c6c5=O)c4CO)nc(N)nc3[nH]2)CC1. The van der Waals surface area contributed by atoms with Crippen LogP contribution in [-0.2, 0) is 6.61 Å². The Labute approximate surface area is 252 Å². The lowest BCUT2D eigenvalue weighted by atomic mass is 9.99. The highest BCUT2D eigenvalue weighted by Crippen LogP contribution is 2.41. The number of fused-ring (bicyclic) bond motifs is 2. The van der Waals surface area contributed by atoms with E-state index in [0.717, 1.165) is 29.7 Å². The molecule has 4 heterocycles. The lowest BCUT2D eigenvalue weighted by molar-refractivity contribution is 0.176. The molecule has 1 saturated carbocycles. The second kappa shape index (κ2) is 10.6. The van der Waals surface area contributed by atoms with Crippen LogP contribution in [0.4, 0.5) is 15.1 Å². The molecule has 2 aliphatic rings. The Kier molecular flexibility index (Phi) is 6.69. The first kappa shape index (κ1) is 27.8. The number of hydrogen-bond donors (Lipinski definition) is 3. The number of nitrogen functional groups attached to an aromatic ring is 1. The molecule has 44 heavy (non-hydrogen) atoms. The fourth-order valence-corrected chi connectivity index (χ4v) is 6.16. The van der Waals surface area contributed by atoms with Gasteiger partial charge < -0.3 is 25.6 Å². The number of aliphatic hydroxyl groups is 1. The number of benzene rings is 2. The maximum atomic E-state index is 15.3. The zero-order valence-corrected chi connectivity index (χ0v) is 24.5. The highest BCUT2D eigenvalue weighted by Gasteiger charge is 2.26. The van der Waals surface area contributed by atoms with Crippen molar-refractivity contribution in [3.05, 3.63) is 87.7 Å². The zero-order valence-electron chi connectivity index (χ0n) is 24.5. The minimum absolute atomic E-state index is 0.0155. The molecule has 0 spiro atoms. The van der Waals surface area contributed by atoms with Crippen molar-refractivity contribution >= 4 is 39.4 Å². The van der Waals surface area contributed by atoms with Gasteiger partial charge in [0.1, 0.15) is 11.5 Å². The number of anilines is 1. The molecule has 10 nitrogen and oxygen atoms in total. The van der Waals surface area contributed by atoms with Crippen LogP contribution in [0.3, 0.4) is 0 Å². The van der Waals surface area contributed by atoms with Crippen molar-refractivity contribution in [2.24, 2.45) is 0 Å². The molecular weight excluding hydrogens is 561 g/mol. The van der Waals surface area contributed by atoms with Crippen LogP contribution in [-0.4, -0.2) is 67.6 Å². The van der Waals surface area contributed by atoms with Crippen molar-refractivity contribution in [2.75, 3.05) is 32.9 Å². The van der Waals surface area contributed by atoms with Crippen LogP contribution >= 0.6 is 0 Å². The number of halogens is 1. The summed E-state index contributed by atoms with van der Waals surface area (Å²) in [6, 6.07) is 12.3. The van der Waals surface area contributed by atoms with Gasteiger partial charge in [-0.05, 0) is 66.0 Å². The third kappa shape index (κ3) is 4.69. The van der Waals surface area contributed by atoms with E-state index in [-0.39, 0.29) is 17.4 Å². The standard InChI is InChI=1S/C33H32FN7O3/c1-39(2)33(44)40-11-8-19(9-12-40)26-16-23-29(37-32(35)38-30(23)36-26)22-4-3-5-27(24(22)17-42)41-13-10-20-14-21(18-6-7-18)15-25(34)28(20)31(41)43/h3-5,8,10,13-16,18,42H,6-7,9,11-12,17H2,1-2H3,(H3,35,36,37,38). The lowest BCUT2D eigenvalue weighted by Gasteiger charge is -2.28. The smallest absolute Gasteiger partial charge is 0.319 e. The van der Waals surface area contributed by atoms with Crippen LogP contribution in [0.15, 0.2) is 59.5 Å². The number of nitrogens with one attached hydrogen (secondary N) is 1. The number of urea groups is 1. The largest absolute Gasteiger partial charge is 0.392 e. The van der Waals surface area contributed by atoms with E-state index < -0.39 is 18.0 Å². The van der Waals surface area contributed by atoms with Gasteiger partial charge >= 0.3 is 6.03 Å². The summed E-state index contributed by atoms with van der Waals surface area (Å²) in [4.78, 5) is 41.7. The molecule has 0 radical (unpaired) electrons. The Morgan fingerprint density at radius 2 is 2.00 bits per heavy atom. The molecule has 2 aromatic carbocycles. The Morgan fingerprint density at radius 1 is 1.18 bits per heavy atom. The van der Waals surface area contributed by atoms with Crippen molar-refractivity contribution in [1.29, 1.82) is 0 Å². The predicted molar refractivity (Wildman–Crippen MR) is 168 cm³/mol. The number of rotatable bonds is 5. The molecule has 2 amide bonds. The molecule has 3 aromatic heterocycles. The molecule has 1 aliphatic heterocycles. The van der Waals surface area contributed by atoms with Crippen LogP contribution in [0.1, 0.15) is 42.0 Å². The number of carbonyl (C=O) groups is 1. The average Bonchev–Trinajstić information content (AvgIpc) is 3.79. The first-order chi connectivity index (χ1) is 21.2. The quantitative estimate of drug-likeness (QED) is 0.268. The van der Waals surface area contributed by atoms with E-state index in [9.17, 15) is 14.7 Å². The number of aromatic nitrogens is 4. The number of hydrogen-bond acceptors (Lipinski definition) is 6. The van der Waals surface area contributed by atoms with Crippen molar-refractivity contribution in [1.82, 2.24) is 29.3 Å². The molecule has 0 atom stereocenters. The molecule has 1 fully saturated rings. The summed E-state index contributed by atoms with van der Waals surface area (Å²) >= 11 is 0. The topological polar surface area (TPSA) is 133 Å². The Hall–Kier alpha value is -5.03. The summed E-state index contributed by atoms with van der Waals surface area (Å²) in [5.41, 5.74) is 10.9. The normalized spacial score (nSPS) is 15.2. The third-order valence-corrected chi connectivity index (χ3v) is 8.56. The maximum absolute atomic E-state index is 15.3. The number of nitrogens with zero attached hydrogens (tertiary/aromatic N) is 5. The van der Waals surface area contributed by atoms with E-state index in [4.69, 9.17) is 5.73 Å². The first-order valence-electron chi connectivity index (χ1n) is 14.6. The molecule has 11 heteroatoms. The summed E-state index contributed by atoms with van der Waals surface area (Å²) in [6.45, 7) is 0.670. The summed E-state index contributed by atoms with van der Waals surface area (Å²) in [6.07, 6.45) is 6.37. The number of aromatic amines is 1. The third-order valence-electron chi connectivity index (χ3n) is 8.56. The van der Waals surface area contributed by atoms with Gasteiger partial charge in [-0.2, -0.15) is 4.98 Å². The molecule has 0 saturated heterocycles. The fourth-order valence-electron chi connectivity index (χ4n) is 6.16. The summed E-state index contributed by atoms with van der Waals surface area (Å²) < 4.78 is 16.6. The van der Waals surface area contributed by atoms with Gasteiger partial charge in [-0.25, -0.2) is 14.2 Å². The van der Waals surface area contributed by atoms with Crippen molar-refractivity contribution in [3.63, 3.8) is 0 Å². The fraction of sp³-hybridized carbons (Fsp3) is 0.273. The number of carbonyl (C=O) groups excluding carboxylic acids is 1. The number of aliphatic hydroxyl groups excluding tert-OH is 1. The van der Waals surface area contributed by atoms with E-state index in [0.29, 0.717) is 64.4 Å². The lowest BCUT2D eigenvalue weighted by Crippen LogP contribution is -2.41. The molecular formula is C33H32FN7O3. The van der Waals surface area contributed by atoms with E-state index in [1.807, 2.05) is 24.3 Å². The Morgan fingerprint density at radius 3 is 2.70 bits per heavy atom. The van der Waals surface area contributed by atoms with E-state index >= 15 is 4.39 Å². The van der Waals surface area contributed by atoms with Crippen LogP contribution in [0, 0.1) is 5.82 Å². The molecule has 4 N–H and O–H groups in total. The van der Waals surface area contributed by atoms with Gasteiger partial charge in [-0.1, -0.05) is 24.3 Å². The summed E-state index contributed by atoms with van der Waals surface area (Å²) in [7, 11) is 3.47. The molecule has 224 valence electrons. The number of pyridine rings is 1. The van der Waals surface area contributed by atoms with Gasteiger partial charge in [0.25, 0.3) is 5.56 Å². The van der Waals surface area contributed by atoms with Crippen LogP contribution in [0.2, 0.25) is 0 Å². The average molecular weight is 594 g/mol. The molecule has 7 rings (SSSR count). The van der Waals surface area contributed by atoms with Gasteiger partial charge in [-0.15, -0.1) is 0 Å². The van der Waals surface area contributed by atoms with Gasteiger partial charge in [0.15, 0.2) is 0 Å². The van der Waals surface area contributed by atoms with Crippen LogP contribution in [0.25, 0.3) is 44.3 Å². The second-order valence-electron chi connectivity index (χ2n) is 11.7. The summed E-state index contributed by atoms with van der Waals surface area (Å²) in [5, 5.41) is 11.9. The van der Waals surface area contributed by atoms with Gasteiger partial charge in [0.05, 0.1) is 23.4 Å². The van der Waals surface area contributed by atoms with E-state index in [1.165, 1.54) is 10.6 Å². The van der Waals surface area contributed by atoms with Gasteiger partial charge in [0, 0.05) is 55.6 Å². The van der Waals surface area contributed by atoms with Crippen molar-refractivity contribution < 1.29 is 14.3 Å². The van der Waals surface area contributed by atoms with Crippen molar-refractivity contribution in [3.8, 4) is 16.9 Å². The minimum atomic E-state index is -0.540. The molecule has 1 aliphatic carbocycles. The van der Waals surface area contributed by atoms with Crippen LogP contribution in [0.5, 0.6) is 0 Å². The van der Waals surface area contributed by atoms with E-state index in [2.05, 4.69) is 15.0 Å². The Balaban J connectivity index is 1.32. The minimum Gasteiger partial charge on any atom is -0.392 e. The van der Waals surface area contributed by atoms with Gasteiger partial charge in [-0.3, -0.25) is 9.36 Å². The van der Waals surface area contributed by atoms with Crippen LogP contribution < -0.4 is 11.3 Å². The highest BCUT2D eigenvalue weighted by molar-refractivity contribution is 5.95. The van der Waals surface area contributed by atoms with Gasteiger partial charge in [0.2, 0.25) is 5.95 Å². The number of H-pyrrole nitrogens is 1. The molecule has 0 unspecified atom stereocenters. The Bertz CT molecular complexity index is 2060. The maximum Gasteiger partial charge on any atom is 0.319 e. The van der Waals surface area contributed by atoms with E-state index in [1.54, 1.807) is 48.3 Å². The second-order valence-corrected chi connectivity index (χ2v) is 11.7.